The minimum Gasteiger partial charge on any atom is -0.482 e. The monoisotopic (exact) mass is 204 g/mol. The highest BCUT2D eigenvalue weighted by Gasteiger charge is 2.07. The molecule has 0 aromatic heterocycles. The van der Waals surface area contributed by atoms with E-state index in [0.717, 1.165) is 0 Å². The van der Waals surface area contributed by atoms with E-state index in [2.05, 4.69) is 0 Å². The first-order valence-electron chi connectivity index (χ1n) is 4.56. The molecule has 3 heteroatoms. The highest BCUT2D eigenvalue weighted by molar-refractivity contribution is 6.00. The van der Waals surface area contributed by atoms with Crippen molar-refractivity contribution in [3.05, 3.63) is 54.4 Å². The third kappa shape index (κ3) is 2.53. The van der Waals surface area contributed by atoms with Crippen LogP contribution in [-0.4, -0.2) is 11.9 Å². The Morgan fingerprint density at radius 2 is 1.67 bits per heavy atom. The van der Waals surface area contributed by atoms with E-state index in [-0.39, 0.29) is 17.7 Å². The van der Waals surface area contributed by atoms with Gasteiger partial charge in [0.1, 0.15) is 17.7 Å². The van der Waals surface area contributed by atoms with Gasteiger partial charge in [0.25, 0.3) is 0 Å². The number of ether oxygens (including phenoxy) is 1. The van der Waals surface area contributed by atoms with Crippen LogP contribution in [0, 0.1) is 5.82 Å². The lowest BCUT2D eigenvalue weighted by atomic mass is 10.1. The van der Waals surface area contributed by atoms with Gasteiger partial charge in [-0.2, -0.15) is 0 Å². The van der Waals surface area contributed by atoms with E-state index in [0.29, 0.717) is 5.75 Å². The van der Waals surface area contributed by atoms with Crippen molar-refractivity contribution in [2.75, 3.05) is 0 Å². The first kappa shape index (κ1) is 9.65. The Labute approximate surface area is 86.7 Å². The van der Waals surface area contributed by atoms with Crippen LogP contribution in [-0.2, 0) is 4.79 Å². The van der Waals surface area contributed by atoms with E-state index < -0.39 is 0 Å². The fourth-order valence-corrected chi connectivity index (χ4v) is 1.25. The van der Waals surface area contributed by atoms with Crippen molar-refractivity contribution in [3.63, 3.8) is 0 Å². The van der Waals surface area contributed by atoms with Crippen LogP contribution in [0.5, 0.6) is 5.75 Å². The Bertz CT molecular complexity index is 402. The lowest BCUT2D eigenvalue weighted by molar-refractivity contribution is -0.110. The number of rotatable bonds is 2. The van der Waals surface area contributed by atoms with E-state index in [1.54, 1.807) is 24.3 Å². The van der Waals surface area contributed by atoms with E-state index in [1.807, 2.05) is 0 Å². The third-order valence-corrected chi connectivity index (χ3v) is 1.99. The van der Waals surface area contributed by atoms with Crippen LogP contribution in [0.2, 0.25) is 0 Å². The van der Waals surface area contributed by atoms with Gasteiger partial charge >= 0.3 is 0 Å². The molecule has 0 unspecified atom stereocenters. The first-order valence-corrected chi connectivity index (χ1v) is 4.56. The number of allylic oxidation sites excluding steroid dienone is 2. The molecule has 0 saturated heterocycles. The van der Waals surface area contributed by atoms with Gasteiger partial charge in [0.05, 0.1) is 0 Å². The van der Waals surface area contributed by atoms with E-state index in [1.165, 1.54) is 24.3 Å². The zero-order valence-corrected chi connectivity index (χ0v) is 7.89. The summed E-state index contributed by atoms with van der Waals surface area (Å²) in [5.41, 5.74) is 0. The van der Waals surface area contributed by atoms with Crippen molar-refractivity contribution < 1.29 is 13.9 Å². The van der Waals surface area contributed by atoms with Gasteiger partial charge in [-0.1, -0.05) is 0 Å². The molecule has 0 heterocycles. The SMILES string of the molecule is O=C1C=CC(Oc2ccc(F)cc2)C=C1. The minimum absolute atomic E-state index is 0.0473. The molecule has 0 radical (unpaired) electrons. The molecule has 15 heavy (non-hydrogen) atoms. The highest BCUT2D eigenvalue weighted by atomic mass is 19.1. The average molecular weight is 204 g/mol. The maximum absolute atomic E-state index is 12.6. The van der Waals surface area contributed by atoms with Gasteiger partial charge in [0.2, 0.25) is 0 Å². The van der Waals surface area contributed by atoms with Crippen molar-refractivity contribution >= 4 is 5.78 Å². The fraction of sp³-hybridized carbons (Fsp3) is 0.0833. The number of hydrogen-bond donors (Lipinski definition) is 0. The van der Waals surface area contributed by atoms with Crippen molar-refractivity contribution in [2.45, 2.75) is 6.10 Å². The van der Waals surface area contributed by atoms with Crippen LogP contribution < -0.4 is 4.74 Å². The Morgan fingerprint density at radius 3 is 2.27 bits per heavy atom. The second-order valence-corrected chi connectivity index (χ2v) is 3.16. The molecule has 0 bridgehead atoms. The van der Waals surface area contributed by atoms with Crippen LogP contribution in [0.25, 0.3) is 0 Å². The molecule has 76 valence electrons. The number of carbonyl (C=O) groups is 1. The number of benzene rings is 1. The maximum Gasteiger partial charge on any atom is 0.178 e. The van der Waals surface area contributed by atoms with Gasteiger partial charge in [-0.15, -0.1) is 0 Å². The Morgan fingerprint density at radius 1 is 1.07 bits per heavy atom. The standard InChI is InChI=1S/C12H9FO2/c13-9-1-5-11(6-2-9)15-12-7-3-10(14)4-8-12/h1-8,12H. The summed E-state index contributed by atoms with van der Waals surface area (Å²) in [6, 6.07) is 5.76. The summed E-state index contributed by atoms with van der Waals surface area (Å²) in [5.74, 6) is 0.228. The van der Waals surface area contributed by atoms with Crippen molar-refractivity contribution in [1.82, 2.24) is 0 Å². The Hall–Kier alpha value is -1.90. The second kappa shape index (κ2) is 4.09. The quantitative estimate of drug-likeness (QED) is 0.738. The molecule has 1 aliphatic carbocycles. The second-order valence-electron chi connectivity index (χ2n) is 3.16. The maximum atomic E-state index is 12.6. The van der Waals surface area contributed by atoms with Crippen LogP contribution >= 0.6 is 0 Å². The van der Waals surface area contributed by atoms with Crippen LogP contribution in [0.3, 0.4) is 0 Å². The molecule has 1 aromatic rings. The molecule has 1 aromatic carbocycles. The van der Waals surface area contributed by atoms with Gasteiger partial charge in [-0.05, 0) is 48.6 Å². The molecule has 0 atom stereocenters. The number of hydrogen-bond acceptors (Lipinski definition) is 2. The summed E-state index contributed by atoms with van der Waals surface area (Å²) < 4.78 is 18.1. The number of halogens is 1. The van der Waals surface area contributed by atoms with Crippen LogP contribution in [0.1, 0.15) is 0 Å². The molecule has 0 fully saturated rings. The third-order valence-electron chi connectivity index (χ3n) is 1.99. The van der Waals surface area contributed by atoms with Crippen molar-refractivity contribution in [1.29, 1.82) is 0 Å². The molecule has 2 rings (SSSR count). The normalized spacial score (nSPS) is 15.7. The van der Waals surface area contributed by atoms with E-state index in [4.69, 9.17) is 4.74 Å². The van der Waals surface area contributed by atoms with E-state index in [9.17, 15) is 9.18 Å². The smallest absolute Gasteiger partial charge is 0.178 e. The topological polar surface area (TPSA) is 26.3 Å². The van der Waals surface area contributed by atoms with E-state index >= 15 is 0 Å². The van der Waals surface area contributed by atoms with Crippen LogP contribution in [0.15, 0.2) is 48.6 Å². The van der Waals surface area contributed by atoms with Gasteiger partial charge in [0.15, 0.2) is 5.78 Å². The molecule has 0 saturated carbocycles. The zero-order chi connectivity index (χ0) is 10.7. The molecule has 0 spiro atoms. The molecule has 0 aliphatic heterocycles. The Kier molecular flexibility index (Phi) is 2.63. The minimum atomic E-state index is -0.299. The van der Waals surface area contributed by atoms with Gasteiger partial charge in [0, 0.05) is 0 Å². The predicted molar refractivity (Wildman–Crippen MR) is 54.1 cm³/mol. The lowest BCUT2D eigenvalue weighted by Crippen LogP contribution is -2.14. The summed E-state index contributed by atoms with van der Waals surface area (Å²) in [5, 5.41) is 0. The molecule has 0 amide bonds. The average Bonchev–Trinajstić information content (AvgIpc) is 2.25. The number of carbonyl (C=O) groups excluding carboxylic acids is 1. The molecule has 1 aliphatic rings. The summed E-state index contributed by atoms with van der Waals surface area (Å²) in [6.07, 6.45) is 5.97. The van der Waals surface area contributed by atoms with Crippen molar-refractivity contribution in [3.8, 4) is 5.75 Å². The first-order chi connectivity index (χ1) is 7.24. The summed E-state index contributed by atoms with van der Waals surface area (Å²) >= 11 is 0. The zero-order valence-electron chi connectivity index (χ0n) is 7.89. The molecular formula is C12H9FO2. The molecular weight excluding hydrogens is 195 g/mol. The number of ketones is 1. The Balaban J connectivity index is 2.04. The lowest BCUT2D eigenvalue weighted by Gasteiger charge is -2.13. The summed E-state index contributed by atoms with van der Waals surface area (Å²) in [6.45, 7) is 0. The summed E-state index contributed by atoms with van der Waals surface area (Å²) in [7, 11) is 0. The molecule has 0 N–H and O–H groups in total. The summed E-state index contributed by atoms with van der Waals surface area (Å²) in [4.78, 5) is 10.8. The van der Waals surface area contributed by atoms with Crippen molar-refractivity contribution in [2.24, 2.45) is 0 Å². The van der Waals surface area contributed by atoms with Gasteiger partial charge in [-0.3, -0.25) is 4.79 Å². The largest absolute Gasteiger partial charge is 0.482 e. The molecule has 2 nitrogen and oxygen atoms in total. The highest BCUT2D eigenvalue weighted by Crippen LogP contribution is 2.15. The fourth-order valence-electron chi connectivity index (χ4n) is 1.25. The van der Waals surface area contributed by atoms with Gasteiger partial charge < -0.3 is 4.74 Å². The predicted octanol–water partition coefficient (Wildman–Crippen LogP) is 2.27. The van der Waals surface area contributed by atoms with Gasteiger partial charge in [-0.25, -0.2) is 4.39 Å². The van der Waals surface area contributed by atoms with Crippen LogP contribution in [0.4, 0.5) is 4.39 Å².